The van der Waals surface area contributed by atoms with Gasteiger partial charge >= 0.3 is 0 Å². The highest BCUT2D eigenvalue weighted by molar-refractivity contribution is 5.94. The first-order chi connectivity index (χ1) is 11.8. The molecular weight excluding hydrogens is 302 g/mol. The van der Waals surface area contributed by atoms with Crippen LogP contribution in [0.5, 0.6) is 0 Å². The summed E-state index contributed by atoms with van der Waals surface area (Å²) in [4.78, 5) is 14.4. The van der Waals surface area contributed by atoms with Crippen LogP contribution in [0.2, 0.25) is 0 Å². The van der Waals surface area contributed by atoms with Crippen LogP contribution in [0.4, 0.5) is 0 Å². The number of aryl methyl sites for hydroxylation is 1. The van der Waals surface area contributed by atoms with E-state index in [2.05, 4.69) is 24.3 Å². The van der Waals surface area contributed by atoms with E-state index in [9.17, 15) is 4.79 Å². The molecule has 1 aliphatic heterocycles. The highest BCUT2D eigenvalue weighted by atomic mass is 16.5. The van der Waals surface area contributed by atoms with Crippen molar-refractivity contribution in [2.24, 2.45) is 0 Å². The number of hydrogen-bond acceptors (Lipinski definition) is 3. The van der Waals surface area contributed by atoms with Crippen molar-refractivity contribution in [3.05, 3.63) is 59.7 Å². The number of benzene rings is 1. The largest absolute Gasteiger partial charge is 0.378 e. The maximum absolute atomic E-state index is 12.5. The maximum Gasteiger partial charge on any atom is 0.250 e. The van der Waals surface area contributed by atoms with E-state index in [-0.39, 0.29) is 12.0 Å². The van der Waals surface area contributed by atoms with Gasteiger partial charge in [0.1, 0.15) is 0 Å². The SMILES string of the molecule is O=C(C1=CC=CC(OCCCc2ccccc2)C1)N1CCOCC1. The molecule has 4 nitrogen and oxygen atoms in total. The molecular formula is C20H25NO3. The van der Waals surface area contributed by atoms with Gasteiger partial charge in [0.25, 0.3) is 0 Å². The molecule has 1 heterocycles. The van der Waals surface area contributed by atoms with Crippen molar-refractivity contribution in [2.75, 3.05) is 32.9 Å². The third-order valence-corrected chi connectivity index (χ3v) is 4.40. The Morgan fingerprint density at radius 3 is 2.79 bits per heavy atom. The smallest absolute Gasteiger partial charge is 0.250 e. The zero-order valence-electron chi connectivity index (χ0n) is 14.0. The fourth-order valence-corrected chi connectivity index (χ4v) is 3.05. The van der Waals surface area contributed by atoms with Crippen LogP contribution in [0.15, 0.2) is 54.1 Å². The van der Waals surface area contributed by atoms with Crippen LogP contribution in [0.25, 0.3) is 0 Å². The van der Waals surface area contributed by atoms with E-state index in [0.29, 0.717) is 39.3 Å². The molecule has 1 aromatic rings. The molecule has 0 aromatic heterocycles. The number of carbonyl (C=O) groups is 1. The molecule has 4 heteroatoms. The lowest BCUT2D eigenvalue weighted by Gasteiger charge is -2.29. The fraction of sp³-hybridized carbons (Fsp3) is 0.450. The molecule has 1 saturated heterocycles. The van der Waals surface area contributed by atoms with E-state index < -0.39 is 0 Å². The number of amides is 1. The quantitative estimate of drug-likeness (QED) is 0.754. The molecule has 3 rings (SSSR count). The van der Waals surface area contributed by atoms with Crippen LogP contribution < -0.4 is 0 Å². The van der Waals surface area contributed by atoms with Crippen molar-refractivity contribution in [3.63, 3.8) is 0 Å². The summed E-state index contributed by atoms with van der Waals surface area (Å²) in [5, 5.41) is 0. The molecule has 128 valence electrons. The van der Waals surface area contributed by atoms with Gasteiger partial charge in [0.15, 0.2) is 0 Å². The first-order valence-corrected chi connectivity index (χ1v) is 8.73. The summed E-state index contributed by atoms with van der Waals surface area (Å²) in [6, 6.07) is 10.4. The highest BCUT2D eigenvalue weighted by Gasteiger charge is 2.23. The molecule has 0 spiro atoms. The molecule has 0 saturated carbocycles. The second kappa shape index (κ2) is 8.81. The van der Waals surface area contributed by atoms with Gasteiger partial charge in [-0.1, -0.05) is 48.6 Å². The summed E-state index contributed by atoms with van der Waals surface area (Å²) in [7, 11) is 0. The second-order valence-corrected chi connectivity index (χ2v) is 6.18. The number of carbonyl (C=O) groups excluding carboxylic acids is 1. The van der Waals surface area contributed by atoms with Crippen LogP contribution in [0.3, 0.4) is 0 Å². The van der Waals surface area contributed by atoms with Crippen molar-refractivity contribution in [1.82, 2.24) is 4.90 Å². The predicted molar refractivity (Wildman–Crippen MR) is 93.7 cm³/mol. The van der Waals surface area contributed by atoms with Crippen LogP contribution in [0, 0.1) is 0 Å². The number of rotatable bonds is 6. The zero-order valence-corrected chi connectivity index (χ0v) is 14.0. The van der Waals surface area contributed by atoms with Crippen LogP contribution in [-0.2, 0) is 20.7 Å². The van der Waals surface area contributed by atoms with Crippen molar-refractivity contribution < 1.29 is 14.3 Å². The summed E-state index contributed by atoms with van der Waals surface area (Å²) in [6.07, 6.45) is 8.58. The van der Waals surface area contributed by atoms with E-state index in [1.165, 1.54) is 5.56 Å². The van der Waals surface area contributed by atoms with Gasteiger partial charge in [-0.15, -0.1) is 0 Å². The van der Waals surface area contributed by atoms with Crippen molar-refractivity contribution >= 4 is 5.91 Å². The monoisotopic (exact) mass is 327 g/mol. The Balaban J connectivity index is 1.41. The summed E-state index contributed by atoms with van der Waals surface area (Å²) in [6.45, 7) is 3.34. The minimum absolute atomic E-state index is 0.00534. The molecule has 0 radical (unpaired) electrons. The Kier molecular flexibility index (Phi) is 6.21. The lowest BCUT2D eigenvalue weighted by molar-refractivity contribution is -0.131. The lowest BCUT2D eigenvalue weighted by Crippen LogP contribution is -2.42. The molecule has 1 atom stereocenters. The highest BCUT2D eigenvalue weighted by Crippen LogP contribution is 2.19. The maximum atomic E-state index is 12.5. The molecule has 1 amide bonds. The van der Waals surface area contributed by atoms with Gasteiger partial charge in [0.05, 0.1) is 19.3 Å². The zero-order chi connectivity index (χ0) is 16.6. The molecule has 1 fully saturated rings. The van der Waals surface area contributed by atoms with E-state index in [1.807, 2.05) is 29.2 Å². The van der Waals surface area contributed by atoms with Gasteiger partial charge in [-0.2, -0.15) is 0 Å². The van der Waals surface area contributed by atoms with Crippen LogP contribution in [-0.4, -0.2) is 49.8 Å². The normalized spacial score (nSPS) is 20.8. The Bertz CT molecular complexity index is 588. The van der Waals surface area contributed by atoms with Crippen molar-refractivity contribution in [2.45, 2.75) is 25.4 Å². The standard InChI is InChI=1S/C20H25NO3/c22-20(21-11-14-23-15-12-21)18-9-4-10-19(16-18)24-13-5-8-17-6-2-1-3-7-17/h1-4,6-7,9-10,19H,5,8,11-16H2. The summed E-state index contributed by atoms with van der Waals surface area (Å²) < 4.78 is 11.3. The molecule has 0 bridgehead atoms. The molecule has 0 N–H and O–H groups in total. The Morgan fingerprint density at radius 2 is 2.00 bits per heavy atom. The number of allylic oxidation sites excluding steroid dienone is 2. The average molecular weight is 327 g/mol. The van der Waals surface area contributed by atoms with E-state index in [0.717, 1.165) is 18.4 Å². The van der Waals surface area contributed by atoms with Gasteiger partial charge in [-0.25, -0.2) is 0 Å². The van der Waals surface area contributed by atoms with Gasteiger partial charge < -0.3 is 14.4 Å². The first kappa shape index (κ1) is 16.9. The fourth-order valence-electron chi connectivity index (χ4n) is 3.05. The van der Waals surface area contributed by atoms with E-state index >= 15 is 0 Å². The lowest BCUT2D eigenvalue weighted by atomic mass is 10.0. The molecule has 1 aliphatic carbocycles. The first-order valence-electron chi connectivity index (χ1n) is 8.73. The van der Waals surface area contributed by atoms with Crippen molar-refractivity contribution in [1.29, 1.82) is 0 Å². The Labute approximate surface area is 143 Å². The van der Waals surface area contributed by atoms with E-state index in [4.69, 9.17) is 9.47 Å². The number of hydrogen-bond donors (Lipinski definition) is 0. The molecule has 24 heavy (non-hydrogen) atoms. The minimum Gasteiger partial charge on any atom is -0.378 e. The van der Waals surface area contributed by atoms with Gasteiger partial charge in [-0.3, -0.25) is 4.79 Å². The van der Waals surface area contributed by atoms with E-state index in [1.54, 1.807) is 0 Å². The summed E-state index contributed by atoms with van der Waals surface area (Å²) in [5.74, 6) is 0.125. The molecule has 1 aromatic carbocycles. The Morgan fingerprint density at radius 1 is 1.21 bits per heavy atom. The second-order valence-electron chi connectivity index (χ2n) is 6.18. The number of morpholine rings is 1. The summed E-state index contributed by atoms with van der Waals surface area (Å²) in [5.41, 5.74) is 2.18. The van der Waals surface area contributed by atoms with Gasteiger partial charge in [-0.05, 0) is 18.4 Å². The average Bonchev–Trinajstić information content (AvgIpc) is 2.66. The van der Waals surface area contributed by atoms with Crippen LogP contribution >= 0.6 is 0 Å². The van der Waals surface area contributed by atoms with Gasteiger partial charge in [0.2, 0.25) is 5.91 Å². The molecule has 2 aliphatic rings. The van der Waals surface area contributed by atoms with Gasteiger partial charge in [0, 0.05) is 31.7 Å². The van der Waals surface area contributed by atoms with Crippen molar-refractivity contribution in [3.8, 4) is 0 Å². The summed E-state index contributed by atoms with van der Waals surface area (Å²) >= 11 is 0. The third-order valence-electron chi connectivity index (χ3n) is 4.40. The number of nitrogens with zero attached hydrogens (tertiary/aromatic N) is 1. The predicted octanol–water partition coefficient (Wildman–Crippen LogP) is 2.75. The molecule has 1 unspecified atom stereocenters. The number of ether oxygens (including phenoxy) is 2. The third kappa shape index (κ3) is 4.79. The van der Waals surface area contributed by atoms with Crippen LogP contribution in [0.1, 0.15) is 18.4 Å². The topological polar surface area (TPSA) is 38.8 Å². The minimum atomic E-state index is 0.00534. The Hall–Kier alpha value is -1.91.